The Labute approximate surface area is 95.7 Å². The Bertz CT molecular complexity index is 488. The van der Waals surface area contributed by atoms with Gasteiger partial charge in [-0.2, -0.15) is 0 Å². The Morgan fingerprint density at radius 2 is 2.06 bits per heavy atom. The summed E-state index contributed by atoms with van der Waals surface area (Å²) in [7, 11) is -2.77. The van der Waals surface area contributed by atoms with E-state index in [4.69, 9.17) is 4.74 Å². The van der Waals surface area contributed by atoms with Crippen molar-refractivity contribution in [3.05, 3.63) is 42.2 Å². The molecule has 0 radical (unpaired) electrons. The molecule has 1 aliphatic heterocycles. The zero-order valence-corrected chi connectivity index (χ0v) is 9.91. The van der Waals surface area contributed by atoms with Crippen molar-refractivity contribution in [1.82, 2.24) is 0 Å². The van der Waals surface area contributed by atoms with E-state index in [2.05, 4.69) is 0 Å². The topological polar surface area (TPSA) is 43.4 Å². The summed E-state index contributed by atoms with van der Waals surface area (Å²) < 4.78 is 27.1. The highest BCUT2D eigenvalue weighted by atomic mass is 32.2. The summed E-state index contributed by atoms with van der Waals surface area (Å²) in [4.78, 5) is 0. The first-order chi connectivity index (χ1) is 7.59. The van der Waals surface area contributed by atoms with Gasteiger partial charge in [0.2, 0.25) is 0 Å². The van der Waals surface area contributed by atoms with E-state index in [0.29, 0.717) is 0 Å². The van der Waals surface area contributed by atoms with Gasteiger partial charge in [-0.1, -0.05) is 30.3 Å². The van der Waals surface area contributed by atoms with Gasteiger partial charge in [-0.15, -0.1) is 0 Å². The van der Waals surface area contributed by atoms with Gasteiger partial charge in [0.25, 0.3) is 0 Å². The summed E-state index contributed by atoms with van der Waals surface area (Å²) in [5, 5.41) is -0.285. The fraction of sp³-hybridized carbons (Fsp3) is 0.333. The lowest BCUT2D eigenvalue weighted by Crippen LogP contribution is -1.98. The third-order valence-electron chi connectivity index (χ3n) is 2.58. The third kappa shape index (κ3) is 2.64. The van der Waals surface area contributed by atoms with E-state index in [1.807, 2.05) is 37.3 Å². The molecule has 0 N–H and O–H groups in total. The van der Waals surface area contributed by atoms with Crippen LogP contribution in [-0.2, 0) is 14.6 Å². The smallest absolute Gasteiger partial charge is 0.158 e. The highest BCUT2D eigenvalue weighted by molar-refractivity contribution is 7.99. The van der Waals surface area contributed by atoms with Gasteiger partial charge in [-0.05, 0) is 18.1 Å². The van der Waals surface area contributed by atoms with Crippen LogP contribution in [0.4, 0.5) is 0 Å². The maximum absolute atomic E-state index is 10.9. The van der Waals surface area contributed by atoms with Gasteiger partial charge < -0.3 is 4.74 Å². The molecule has 1 heterocycles. The molecule has 1 saturated heterocycles. The molecule has 0 spiro atoms. The summed E-state index contributed by atoms with van der Waals surface area (Å²) in [6.45, 7) is 2.21. The second-order valence-electron chi connectivity index (χ2n) is 3.95. The molecule has 1 unspecified atom stereocenters. The molecule has 1 aromatic carbocycles. The van der Waals surface area contributed by atoms with Gasteiger partial charge in [0.1, 0.15) is 11.9 Å². The van der Waals surface area contributed by atoms with Gasteiger partial charge in [-0.3, -0.25) is 0 Å². The molecule has 2 rings (SSSR count). The standard InChI is InChI=1S/C12H14O3S/c1-10(11-5-3-2-4-6-11)7-15-8-12-9-16(12,13)14/h2-7,12H,8-9H2,1H3/b10-7-. The zero-order chi connectivity index (χ0) is 11.6. The quantitative estimate of drug-likeness (QED) is 0.594. The first-order valence-corrected chi connectivity index (χ1v) is 6.86. The van der Waals surface area contributed by atoms with E-state index in [9.17, 15) is 8.42 Å². The fourth-order valence-electron chi connectivity index (χ4n) is 1.42. The van der Waals surface area contributed by atoms with E-state index < -0.39 is 9.84 Å². The number of sulfone groups is 1. The van der Waals surface area contributed by atoms with E-state index in [0.717, 1.165) is 11.1 Å². The lowest BCUT2D eigenvalue weighted by molar-refractivity contribution is 0.261. The number of hydrogen-bond donors (Lipinski definition) is 0. The Morgan fingerprint density at radius 1 is 1.44 bits per heavy atom. The minimum Gasteiger partial charge on any atom is -0.500 e. The van der Waals surface area contributed by atoms with Crippen LogP contribution >= 0.6 is 0 Å². The minimum atomic E-state index is -2.77. The molecule has 1 aliphatic rings. The second-order valence-corrected chi connectivity index (χ2v) is 6.28. The molecule has 0 aliphatic carbocycles. The summed E-state index contributed by atoms with van der Waals surface area (Å²) in [6.07, 6.45) is 1.63. The molecule has 16 heavy (non-hydrogen) atoms. The van der Waals surface area contributed by atoms with Crippen molar-refractivity contribution in [2.75, 3.05) is 12.4 Å². The van der Waals surface area contributed by atoms with Crippen molar-refractivity contribution < 1.29 is 13.2 Å². The minimum absolute atomic E-state index is 0.269. The number of allylic oxidation sites excluding steroid dienone is 1. The molecule has 4 heteroatoms. The van der Waals surface area contributed by atoms with Crippen LogP contribution in [0.3, 0.4) is 0 Å². The molecule has 0 bridgehead atoms. The Kier molecular flexibility index (Phi) is 3.01. The van der Waals surface area contributed by atoms with Gasteiger partial charge in [0, 0.05) is 0 Å². The first-order valence-electron chi connectivity index (χ1n) is 5.15. The summed E-state index contributed by atoms with van der Waals surface area (Å²) >= 11 is 0. The number of ether oxygens (including phenoxy) is 1. The van der Waals surface area contributed by atoms with Crippen LogP contribution < -0.4 is 0 Å². The van der Waals surface area contributed by atoms with Crippen LogP contribution in [0.1, 0.15) is 12.5 Å². The normalized spacial score (nSPS) is 22.8. The monoisotopic (exact) mass is 238 g/mol. The van der Waals surface area contributed by atoms with Crippen molar-refractivity contribution in [3.63, 3.8) is 0 Å². The zero-order valence-electron chi connectivity index (χ0n) is 9.09. The van der Waals surface area contributed by atoms with Crippen LogP contribution in [0.5, 0.6) is 0 Å². The predicted octanol–water partition coefficient (Wildman–Crippen LogP) is 1.86. The average molecular weight is 238 g/mol. The number of hydrogen-bond acceptors (Lipinski definition) is 3. The molecule has 0 saturated carbocycles. The van der Waals surface area contributed by atoms with Crippen molar-refractivity contribution in [3.8, 4) is 0 Å². The fourth-order valence-corrected chi connectivity index (χ4v) is 2.58. The van der Waals surface area contributed by atoms with Crippen molar-refractivity contribution in [2.24, 2.45) is 0 Å². The molecule has 1 fully saturated rings. The Balaban J connectivity index is 1.89. The highest BCUT2D eigenvalue weighted by Gasteiger charge is 2.43. The van der Waals surface area contributed by atoms with Gasteiger partial charge in [0.05, 0.1) is 12.0 Å². The van der Waals surface area contributed by atoms with Gasteiger partial charge in [-0.25, -0.2) is 8.42 Å². The molecule has 0 amide bonds. The molecule has 1 aromatic rings. The summed E-state index contributed by atoms with van der Waals surface area (Å²) in [5.41, 5.74) is 2.08. The van der Waals surface area contributed by atoms with Crippen LogP contribution in [0.2, 0.25) is 0 Å². The van der Waals surface area contributed by atoms with Crippen LogP contribution in [-0.4, -0.2) is 26.0 Å². The van der Waals surface area contributed by atoms with Crippen LogP contribution in [0.25, 0.3) is 5.57 Å². The second kappa shape index (κ2) is 4.29. The lowest BCUT2D eigenvalue weighted by Gasteiger charge is -2.02. The van der Waals surface area contributed by atoms with Gasteiger partial charge >= 0.3 is 0 Å². The van der Waals surface area contributed by atoms with Crippen molar-refractivity contribution in [2.45, 2.75) is 12.2 Å². The van der Waals surface area contributed by atoms with E-state index in [-0.39, 0.29) is 17.6 Å². The van der Waals surface area contributed by atoms with Crippen LogP contribution in [0, 0.1) is 0 Å². The number of benzene rings is 1. The summed E-state index contributed by atoms with van der Waals surface area (Å²) in [5.74, 6) is 0.269. The van der Waals surface area contributed by atoms with Crippen molar-refractivity contribution in [1.29, 1.82) is 0 Å². The molecule has 1 atom stereocenters. The van der Waals surface area contributed by atoms with E-state index in [1.165, 1.54) is 0 Å². The Morgan fingerprint density at radius 3 is 2.62 bits per heavy atom. The molecular formula is C12H14O3S. The number of rotatable bonds is 4. The van der Waals surface area contributed by atoms with Gasteiger partial charge in [0.15, 0.2) is 9.84 Å². The average Bonchev–Trinajstić information content (AvgIpc) is 2.87. The molecule has 86 valence electrons. The molecular weight excluding hydrogens is 224 g/mol. The summed E-state index contributed by atoms with van der Waals surface area (Å²) in [6, 6.07) is 9.84. The SMILES string of the molecule is C/C(=C/OCC1CS1(=O)=O)c1ccccc1. The predicted molar refractivity (Wildman–Crippen MR) is 63.6 cm³/mol. The van der Waals surface area contributed by atoms with Crippen molar-refractivity contribution >= 4 is 15.4 Å². The van der Waals surface area contributed by atoms with E-state index >= 15 is 0 Å². The highest BCUT2D eigenvalue weighted by Crippen LogP contribution is 2.22. The maximum Gasteiger partial charge on any atom is 0.158 e. The first kappa shape index (κ1) is 11.2. The Hall–Kier alpha value is -1.29. The maximum atomic E-state index is 10.9. The largest absolute Gasteiger partial charge is 0.500 e. The third-order valence-corrected chi connectivity index (χ3v) is 4.34. The lowest BCUT2D eigenvalue weighted by atomic mass is 10.1. The van der Waals surface area contributed by atoms with E-state index in [1.54, 1.807) is 6.26 Å². The molecule has 0 aromatic heterocycles. The molecule has 3 nitrogen and oxygen atoms in total. The van der Waals surface area contributed by atoms with Crippen LogP contribution in [0.15, 0.2) is 36.6 Å².